The highest BCUT2D eigenvalue weighted by molar-refractivity contribution is 14.1. The number of rotatable bonds is 2. The van der Waals surface area contributed by atoms with E-state index in [2.05, 4.69) is 34.7 Å². The van der Waals surface area contributed by atoms with E-state index in [1.807, 2.05) is 30.3 Å². The zero-order chi connectivity index (χ0) is 15.0. The smallest absolute Gasteiger partial charge is 0.335 e. The molecule has 0 aliphatic heterocycles. The predicted molar refractivity (Wildman–Crippen MR) is 92.9 cm³/mol. The molecule has 0 heterocycles. The lowest BCUT2D eigenvalue weighted by atomic mass is 9.90. The summed E-state index contributed by atoms with van der Waals surface area (Å²) in [5.41, 5.74) is 5.07. The number of ether oxygens (including phenoxy) is 1. The van der Waals surface area contributed by atoms with E-state index < -0.39 is 0 Å². The molecule has 0 bridgehead atoms. The van der Waals surface area contributed by atoms with Crippen LogP contribution in [0, 0.1) is 0 Å². The Morgan fingerprint density at radius 2 is 1.90 bits per heavy atom. The van der Waals surface area contributed by atoms with Crippen molar-refractivity contribution in [3.63, 3.8) is 0 Å². The molecule has 0 radical (unpaired) electrons. The van der Waals surface area contributed by atoms with Crippen LogP contribution in [0.15, 0.2) is 52.1 Å². The van der Waals surface area contributed by atoms with Crippen LogP contribution in [-0.2, 0) is 9.53 Å². The summed E-state index contributed by atoms with van der Waals surface area (Å²) >= 11 is 8.24. The Bertz CT molecular complexity index is 752. The fourth-order valence-electron chi connectivity index (χ4n) is 2.86. The highest BCUT2D eigenvalue weighted by atomic mass is 127. The van der Waals surface area contributed by atoms with Gasteiger partial charge in [0, 0.05) is 10.9 Å². The molecule has 0 saturated heterocycles. The summed E-state index contributed by atoms with van der Waals surface area (Å²) < 4.78 is 6.72. The molecule has 106 valence electrons. The Balaban J connectivity index is 2.26. The fourth-order valence-corrected chi connectivity index (χ4v) is 3.65. The number of halogens is 2. The summed E-state index contributed by atoms with van der Waals surface area (Å²) in [6, 6.07) is 13.9. The molecule has 3 rings (SSSR count). The molecule has 2 aromatic carbocycles. The van der Waals surface area contributed by atoms with Gasteiger partial charge >= 0.3 is 5.97 Å². The van der Waals surface area contributed by atoms with Crippen LogP contribution >= 0.6 is 34.2 Å². The van der Waals surface area contributed by atoms with Crippen LogP contribution in [0.1, 0.15) is 17.0 Å². The van der Waals surface area contributed by atoms with E-state index in [9.17, 15) is 4.79 Å². The average Bonchev–Trinajstić information content (AvgIpc) is 2.82. The maximum atomic E-state index is 12.1. The van der Waals surface area contributed by atoms with E-state index >= 15 is 0 Å². The van der Waals surface area contributed by atoms with Crippen molar-refractivity contribution in [2.24, 2.45) is 0 Å². The molecule has 2 aromatic rings. The number of methoxy groups -OCH3 is 1. The molecule has 1 atom stereocenters. The summed E-state index contributed by atoms with van der Waals surface area (Å²) in [5.74, 6) is -0.434. The third-order valence-electron chi connectivity index (χ3n) is 3.74. The first-order valence-electron chi connectivity index (χ1n) is 6.44. The first-order chi connectivity index (χ1) is 10.2. The third kappa shape index (κ3) is 2.38. The van der Waals surface area contributed by atoms with Gasteiger partial charge in [-0.15, -0.1) is 0 Å². The first-order valence-corrected chi connectivity index (χ1v) is 8.07. The Morgan fingerprint density at radius 1 is 1.19 bits per heavy atom. The van der Waals surface area contributed by atoms with Gasteiger partial charge in [-0.25, -0.2) is 4.79 Å². The van der Waals surface area contributed by atoms with Gasteiger partial charge in [-0.3, -0.25) is 0 Å². The third-order valence-corrected chi connectivity index (χ3v) is 4.64. The SMILES string of the molecule is COC(=O)/C(=C\I)C1c2ccccc2-c2ccc(Cl)cc21. The zero-order valence-electron chi connectivity index (χ0n) is 11.3. The monoisotopic (exact) mass is 410 g/mol. The Morgan fingerprint density at radius 3 is 2.62 bits per heavy atom. The Hall–Kier alpha value is -1.33. The molecule has 1 unspecified atom stereocenters. The lowest BCUT2D eigenvalue weighted by Gasteiger charge is -2.15. The molecule has 0 spiro atoms. The van der Waals surface area contributed by atoms with E-state index in [4.69, 9.17) is 16.3 Å². The topological polar surface area (TPSA) is 26.3 Å². The molecular weight excluding hydrogens is 399 g/mol. The average molecular weight is 411 g/mol. The number of carbonyl (C=O) groups excluding carboxylic acids is 1. The van der Waals surface area contributed by atoms with Crippen molar-refractivity contribution in [3.8, 4) is 11.1 Å². The second-order valence-corrected chi connectivity index (χ2v) is 5.87. The van der Waals surface area contributed by atoms with Crippen molar-refractivity contribution in [3.05, 3.63) is 68.3 Å². The van der Waals surface area contributed by atoms with Crippen LogP contribution in [0.2, 0.25) is 5.02 Å². The molecule has 0 saturated carbocycles. The molecule has 4 heteroatoms. The summed E-state index contributed by atoms with van der Waals surface area (Å²) in [6.07, 6.45) is 0. The standard InChI is InChI=1S/C17H12ClIO2/c1-21-17(20)15(9-19)16-13-5-3-2-4-11(13)12-7-6-10(18)8-14(12)16/h2-9,16H,1H3/b15-9-. The quantitative estimate of drug-likeness (QED) is 0.398. The molecule has 1 aliphatic rings. The number of esters is 1. The van der Waals surface area contributed by atoms with Gasteiger partial charge in [-0.2, -0.15) is 0 Å². The molecule has 0 N–H and O–H groups in total. The molecular formula is C17H12ClIO2. The van der Waals surface area contributed by atoms with Gasteiger partial charge in [-0.05, 0) is 38.5 Å². The van der Waals surface area contributed by atoms with E-state index in [0.29, 0.717) is 10.6 Å². The maximum Gasteiger partial charge on any atom is 0.335 e. The van der Waals surface area contributed by atoms with Crippen molar-refractivity contribution < 1.29 is 9.53 Å². The lowest BCUT2D eigenvalue weighted by molar-refractivity contribution is -0.136. The minimum atomic E-state index is -0.308. The summed E-state index contributed by atoms with van der Waals surface area (Å²) in [7, 11) is 1.40. The van der Waals surface area contributed by atoms with Crippen molar-refractivity contribution in [1.82, 2.24) is 0 Å². The van der Waals surface area contributed by atoms with Gasteiger partial charge in [0.2, 0.25) is 0 Å². The maximum absolute atomic E-state index is 12.1. The van der Waals surface area contributed by atoms with Crippen molar-refractivity contribution in [1.29, 1.82) is 0 Å². The molecule has 0 aromatic heterocycles. The van der Waals surface area contributed by atoms with Crippen LogP contribution in [0.25, 0.3) is 11.1 Å². The second-order valence-electron chi connectivity index (χ2n) is 4.81. The minimum Gasteiger partial charge on any atom is -0.466 e. The van der Waals surface area contributed by atoms with Crippen LogP contribution in [0.5, 0.6) is 0 Å². The summed E-state index contributed by atoms with van der Waals surface area (Å²) in [6.45, 7) is 0. The minimum absolute atomic E-state index is 0.126. The first kappa shape index (κ1) is 14.6. The van der Waals surface area contributed by atoms with Crippen LogP contribution in [0.3, 0.4) is 0 Å². The Labute approximate surface area is 141 Å². The zero-order valence-corrected chi connectivity index (χ0v) is 14.2. The van der Waals surface area contributed by atoms with Crippen LogP contribution in [0.4, 0.5) is 0 Å². The van der Waals surface area contributed by atoms with Crippen LogP contribution in [-0.4, -0.2) is 13.1 Å². The van der Waals surface area contributed by atoms with Gasteiger partial charge in [-0.1, -0.05) is 64.5 Å². The number of fused-ring (bicyclic) bond motifs is 3. The molecule has 0 fully saturated rings. The normalized spacial score (nSPS) is 16.3. The highest BCUT2D eigenvalue weighted by Crippen LogP contribution is 2.49. The molecule has 0 amide bonds. The van der Waals surface area contributed by atoms with Crippen molar-refractivity contribution in [2.45, 2.75) is 5.92 Å². The molecule has 1 aliphatic carbocycles. The lowest BCUT2D eigenvalue weighted by Crippen LogP contribution is -2.12. The van der Waals surface area contributed by atoms with Crippen LogP contribution < -0.4 is 0 Å². The van der Waals surface area contributed by atoms with Gasteiger partial charge < -0.3 is 4.74 Å². The van der Waals surface area contributed by atoms with Gasteiger partial charge in [0.25, 0.3) is 0 Å². The highest BCUT2D eigenvalue weighted by Gasteiger charge is 2.34. The van der Waals surface area contributed by atoms with E-state index in [1.165, 1.54) is 7.11 Å². The number of hydrogen-bond acceptors (Lipinski definition) is 2. The number of benzene rings is 2. The van der Waals surface area contributed by atoms with Gasteiger partial charge in [0.05, 0.1) is 12.7 Å². The van der Waals surface area contributed by atoms with E-state index in [1.54, 1.807) is 4.08 Å². The van der Waals surface area contributed by atoms with Crippen molar-refractivity contribution in [2.75, 3.05) is 7.11 Å². The largest absolute Gasteiger partial charge is 0.466 e. The van der Waals surface area contributed by atoms with Gasteiger partial charge in [0.1, 0.15) is 0 Å². The molecule has 21 heavy (non-hydrogen) atoms. The Kier molecular flexibility index (Phi) is 4.04. The predicted octanol–water partition coefficient (Wildman–Crippen LogP) is 4.94. The summed E-state index contributed by atoms with van der Waals surface area (Å²) in [5, 5.41) is 0.671. The molecule has 2 nitrogen and oxygen atoms in total. The second kappa shape index (κ2) is 5.81. The fraction of sp³-hybridized carbons (Fsp3) is 0.118. The van der Waals surface area contributed by atoms with Gasteiger partial charge in [0.15, 0.2) is 0 Å². The van der Waals surface area contributed by atoms with Crippen molar-refractivity contribution >= 4 is 40.2 Å². The number of carbonyl (C=O) groups is 1. The van der Waals surface area contributed by atoms with E-state index in [0.717, 1.165) is 22.3 Å². The number of hydrogen-bond donors (Lipinski definition) is 0. The van der Waals surface area contributed by atoms with E-state index in [-0.39, 0.29) is 11.9 Å². The summed E-state index contributed by atoms with van der Waals surface area (Å²) in [4.78, 5) is 12.1.